The molecular weight excluding hydrogens is 236 g/mol. The Kier molecular flexibility index (Phi) is 4.19. The van der Waals surface area contributed by atoms with Gasteiger partial charge in [-0.2, -0.15) is 0 Å². The van der Waals surface area contributed by atoms with Gasteiger partial charge in [-0.1, -0.05) is 0 Å². The predicted octanol–water partition coefficient (Wildman–Crippen LogP) is 1.85. The summed E-state index contributed by atoms with van der Waals surface area (Å²) in [5, 5.41) is 18.6. The van der Waals surface area contributed by atoms with Crippen molar-refractivity contribution in [1.29, 1.82) is 0 Å². The van der Waals surface area contributed by atoms with Crippen molar-refractivity contribution >= 4 is 5.97 Å². The summed E-state index contributed by atoms with van der Waals surface area (Å²) in [7, 11) is 1.45. The third-order valence-electron chi connectivity index (χ3n) is 2.39. The Bertz CT molecular complexity index is 445. The molecular formula is C13H18O5. The summed E-state index contributed by atoms with van der Waals surface area (Å²) in [5.41, 5.74) is -0.301. The van der Waals surface area contributed by atoms with Crippen LogP contribution in [0.5, 0.6) is 11.5 Å². The minimum absolute atomic E-state index is 0.0925. The van der Waals surface area contributed by atoms with Gasteiger partial charge in [0.2, 0.25) is 0 Å². The van der Waals surface area contributed by atoms with Crippen molar-refractivity contribution in [2.24, 2.45) is 0 Å². The summed E-state index contributed by atoms with van der Waals surface area (Å²) in [6.45, 7) is 4.99. The van der Waals surface area contributed by atoms with Gasteiger partial charge in [0.15, 0.2) is 11.5 Å². The zero-order valence-corrected chi connectivity index (χ0v) is 11.0. The van der Waals surface area contributed by atoms with Crippen LogP contribution in [0, 0.1) is 6.92 Å². The molecule has 0 aliphatic carbocycles. The van der Waals surface area contributed by atoms with Crippen LogP contribution in [-0.4, -0.2) is 35.5 Å². The molecule has 0 atom stereocenters. The average molecular weight is 254 g/mol. The van der Waals surface area contributed by atoms with E-state index in [0.29, 0.717) is 17.1 Å². The van der Waals surface area contributed by atoms with Crippen LogP contribution < -0.4 is 9.47 Å². The van der Waals surface area contributed by atoms with Crippen LogP contribution in [0.2, 0.25) is 0 Å². The molecule has 0 saturated carbocycles. The van der Waals surface area contributed by atoms with Crippen LogP contribution in [0.25, 0.3) is 0 Å². The van der Waals surface area contributed by atoms with Crippen molar-refractivity contribution in [2.75, 3.05) is 13.7 Å². The van der Waals surface area contributed by atoms with Crippen molar-refractivity contribution in [3.05, 3.63) is 23.3 Å². The van der Waals surface area contributed by atoms with Crippen molar-refractivity contribution in [2.45, 2.75) is 26.4 Å². The molecule has 0 unspecified atom stereocenters. The molecule has 0 bridgehead atoms. The van der Waals surface area contributed by atoms with Gasteiger partial charge in [0.05, 0.1) is 18.3 Å². The lowest BCUT2D eigenvalue weighted by molar-refractivity contribution is 0.0275. The summed E-state index contributed by atoms with van der Waals surface area (Å²) in [4.78, 5) is 11.0. The van der Waals surface area contributed by atoms with E-state index in [1.54, 1.807) is 20.8 Å². The number of methoxy groups -OCH3 is 1. The number of hydrogen-bond acceptors (Lipinski definition) is 4. The molecule has 100 valence electrons. The van der Waals surface area contributed by atoms with Gasteiger partial charge in [0.1, 0.15) is 6.61 Å². The smallest absolute Gasteiger partial charge is 0.336 e. The third kappa shape index (κ3) is 3.37. The normalized spacial score (nSPS) is 11.2. The van der Waals surface area contributed by atoms with E-state index in [9.17, 15) is 9.90 Å². The molecule has 0 amide bonds. The number of hydrogen-bond donors (Lipinski definition) is 2. The fourth-order valence-corrected chi connectivity index (χ4v) is 1.52. The summed E-state index contributed by atoms with van der Waals surface area (Å²) in [5.74, 6) is -0.221. The fourth-order valence-electron chi connectivity index (χ4n) is 1.52. The summed E-state index contributed by atoms with van der Waals surface area (Å²) in [6, 6.07) is 2.99. The molecule has 0 aromatic heterocycles. The van der Waals surface area contributed by atoms with Crippen LogP contribution >= 0.6 is 0 Å². The minimum Gasteiger partial charge on any atom is -0.493 e. The van der Waals surface area contributed by atoms with Crippen molar-refractivity contribution in [3.8, 4) is 11.5 Å². The molecule has 0 fully saturated rings. The number of benzene rings is 1. The number of carbonyl (C=O) groups is 1. The molecule has 1 aromatic rings. The summed E-state index contributed by atoms with van der Waals surface area (Å²) in [6.07, 6.45) is 0. The maximum atomic E-state index is 11.0. The Hall–Kier alpha value is -1.75. The molecule has 2 N–H and O–H groups in total. The van der Waals surface area contributed by atoms with E-state index in [0.717, 1.165) is 0 Å². The number of aromatic carboxylic acids is 1. The van der Waals surface area contributed by atoms with E-state index in [4.69, 9.17) is 14.6 Å². The molecule has 5 heteroatoms. The zero-order chi connectivity index (χ0) is 13.9. The maximum absolute atomic E-state index is 11.0. The molecule has 0 heterocycles. The van der Waals surface area contributed by atoms with Crippen molar-refractivity contribution in [1.82, 2.24) is 0 Å². The van der Waals surface area contributed by atoms with Crippen LogP contribution in [0.3, 0.4) is 0 Å². The van der Waals surface area contributed by atoms with Crippen molar-refractivity contribution < 1.29 is 24.5 Å². The first-order valence-corrected chi connectivity index (χ1v) is 5.52. The number of rotatable bonds is 5. The SMILES string of the molecule is COc1c(OCC(C)(C)O)ccc(C(=O)O)c1C. The number of ether oxygens (including phenoxy) is 2. The van der Waals surface area contributed by atoms with Gasteiger partial charge in [-0.3, -0.25) is 0 Å². The van der Waals surface area contributed by atoms with Gasteiger partial charge in [-0.25, -0.2) is 4.79 Å². The van der Waals surface area contributed by atoms with E-state index in [-0.39, 0.29) is 12.2 Å². The topological polar surface area (TPSA) is 76.0 Å². The van der Waals surface area contributed by atoms with Gasteiger partial charge in [-0.05, 0) is 32.9 Å². The van der Waals surface area contributed by atoms with Crippen LogP contribution in [0.15, 0.2) is 12.1 Å². The van der Waals surface area contributed by atoms with E-state index >= 15 is 0 Å². The van der Waals surface area contributed by atoms with Gasteiger partial charge >= 0.3 is 5.97 Å². The highest BCUT2D eigenvalue weighted by Crippen LogP contribution is 2.33. The Labute approximate surface area is 106 Å². The first-order chi connectivity index (χ1) is 8.26. The fraction of sp³-hybridized carbons (Fsp3) is 0.462. The molecule has 1 rings (SSSR count). The van der Waals surface area contributed by atoms with Gasteiger partial charge in [0, 0.05) is 5.56 Å². The summed E-state index contributed by atoms with van der Waals surface area (Å²) < 4.78 is 10.6. The Morgan fingerprint density at radius 1 is 1.39 bits per heavy atom. The van der Waals surface area contributed by atoms with E-state index in [2.05, 4.69) is 0 Å². The molecule has 0 spiro atoms. The number of carboxylic acid groups (broad SMARTS) is 1. The van der Waals surface area contributed by atoms with Gasteiger partial charge < -0.3 is 19.7 Å². The van der Waals surface area contributed by atoms with Crippen LogP contribution in [0.4, 0.5) is 0 Å². The second kappa shape index (κ2) is 5.27. The second-order valence-corrected chi connectivity index (χ2v) is 4.68. The maximum Gasteiger partial charge on any atom is 0.336 e. The van der Waals surface area contributed by atoms with Crippen molar-refractivity contribution in [3.63, 3.8) is 0 Å². The number of carboxylic acids is 1. The lowest BCUT2D eigenvalue weighted by Gasteiger charge is -2.20. The lowest BCUT2D eigenvalue weighted by atomic mass is 10.1. The predicted molar refractivity (Wildman–Crippen MR) is 66.5 cm³/mol. The van der Waals surface area contributed by atoms with E-state index < -0.39 is 11.6 Å². The second-order valence-electron chi connectivity index (χ2n) is 4.68. The Balaban J connectivity index is 3.07. The zero-order valence-electron chi connectivity index (χ0n) is 11.0. The highest BCUT2D eigenvalue weighted by Gasteiger charge is 2.19. The quantitative estimate of drug-likeness (QED) is 0.838. The monoisotopic (exact) mass is 254 g/mol. The van der Waals surface area contributed by atoms with Crippen LogP contribution in [-0.2, 0) is 0 Å². The summed E-state index contributed by atoms with van der Waals surface area (Å²) >= 11 is 0. The standard InChI is InChI=1S/C13H18O5/c1-8-9(12(14)15)5-6-10(11(8)17-4)18-7-13(2,3)16/h5-6,16H,7H2,1-4H3,(H,14,15). The van der Waals surface area contributed by atoms with E-state index in [1.807, 2.05) is 0 Å². The Morgan fingerprint density at radius 3 is 2.44 bits per heavy atom. The number of aliphatic hydroxyl groups is 1. The first kappa shape index (κ1) is 14.3. The van der Waals surface area contributed by atoms with E-state index in [1.165, 1.54) is 19.2 Å². The molecule has 18 heavy (non-hydrogen) atoms. The highest BCUT2D eigenvalue weighted by molar-refractivity contribution is 5.90. The molecule has 1 aromatic carbocycles. The first-order valence-electron chi connectivity index (χ1n) is 5.52. The highest BCUT2D eigenvalue weighted by atomic mass is 16.5. The Morgan fingerprint density at radius 2 is 2.00 bits per heavy atom. The minimum atomic E-state index is -1.01. The molecule has 0 aliphatic rings. The molecule has 0 aliphatic heterocycles. The largest absolute Gasteiger partial charge is 0.493 e. The molecule has 0 radical (unpaired) electrons. The average Bonchev–Trinajstić information content (AvgIpc) is 2.24. The lowest BCUT2D eigenvalue weighted by Crippen LogP contribution is -2.28. The molecule has 0 saturated heterocycles. The van der Waals surface area contributed by atoms with Crippen LogP contribution in [0.1, 0.15) is 29.8 Å². The third-order valence-corrected chi connectivity index (χ3v) is 2.39. The molecule has 5 nitrogen and oxygen atoms in total. The van der Waals surface area contributed by atoms with Gasteiger partial charge in [0.25, 0.3) is 0 Å². The van der Waals surface area contributed by atoms with Gasteiger partial charge in [-0.15, -0.1) is 0 Å².